The molecule has 0 spiro atoms. The molecule has 0 saturated carbocycles. The number of nitrogens with one attached hydrogen (secondary N) is 2. The van der Waals surface area contributed by atoms with Gasteiger partial charge in [-0.25, -0.2) is 0 Å². The van der Waals surface area contributed by atoms with Crippen LogP contribution in [-0.4, -0.2) is 29.8 Å². The first-order chi connectivity index (χ1) is 7.92. The van der Waals surface area contributed by atoms with E-state index in [1.165, 1.54) is 12.8 Å². The topological polar surface area (TPSA) is 63.0 Å². The molecule has 0 amide bonds. The van der Waals surface area contributed by atoms with Crippen LogP contribution in [0.25, 0.3) is 0 Å². The van der Waals surface area contributed by atoms with Crippen molar-refractivity contribution < 1.29 is 4.52 Å². The molecule has 0 aliphatic carbocycles. The van der Waals surface area contributed by atoms with Crippen molar-refractivity contribution in [1.82, 2.24) is 20.8 Å². The van der Waals surface area contributed by atoms with Crippen LogP contribution in [0.5, 0.6) is 0 Å². The van der Waals surface area contributed by atoms with E-state index in [9.17, 15) is 0 Å². The Bertz CT molecular complexity index is 340. The van der Waals surface area contributed by atoms with E-state index in [1.54, 1.807) is 0 Å². The second-order valence-corrected chi connectivity index (χ2v) is 4.76. The molecule has 1 aromatic heterocycles. The number of nitrogens with zero attached hydrogens (tertiary/aromatic N) is 2. The summed E-state index contributed by atoms with van der Waals surface area (Å²) in [5.41, 5.74) is 0. The van der Waals surface area contributed by atoms with Crippen molar-refractivity contribution in [3.8, 4) is 0 Å². The van der Waals surface area contributed by atoms with Crippen molar-refractivity contribution in [2.75, 3.05) is 19.6 Å². The Hall–Kier alpha value is -0.940. The standard InChI is InChI=1S/C11H18N4O/c1-2-9(13-4-1)11-14-10(16-15-11)6-8-3-5-12-7-8/h8-9,12-13H,1-7H2. The zero-order valence-corrected chi connectivity index (χ0v) is 9.41. The molecule has 0 aromatic carbocycles. The van der Waals surface area contributed by atoms with Gasteiger partial charge in [0.2, 0.25) is 5.89 Å². The van der Waals surface area contributed by atoms with Gasteiger partial charge in [-0.15, -0.1) is 0 Å². The Morgan fingerprint density at radius 1 is 1.31 bits per heavy atom. The molecule has 2 unspecified atom stereocenters. The average Bonchev–Trinajstić information content (AvgIpc) is 2.99. The van der Waals surface area contributed by atoms with Crippen LogP contribution in [0, 0.1) is 5.92 Å². The molecular weight excluding hydrogens is 204 g/mol. The lowest BCUT2D eigenvalue weighted by Gasteiger charge is -2.03. The second-order valence-electron chi connectivity index (χ2n) is 4.76. The predicted octanol–water partition coefficient (Wildman–Crippen LogP) is 0.646. The van der Waals surface area contributed by atoms with Crippen molar-refractivity contribution in [3.63, 3.8) is 0 Å². The molecule has 1 aromatic rings. The molecule has 3 heterocycles. The quantitative estimate of drug-likeness (QED) is 0.786. The molecule has 2 atom stereocenters. The molecule has 2 saturated heterocycles. The van der Waals surface area contributed by atoms with Gasteiger partial charge in [0.1, 0.15) is 0 Å². The lowest BCUT2D eigenvalue weighted by atomic mass is 10.1. The highest BCUT2D eigenvalue weighted by Crippen LogP contribution is 2.21. The highest BCUT2D eigenvalue weighted by atomic mass is 16.5. The van der Waals surface area contributed by atoms with Crippen LogP contribution in [0.1, 0.15) is 37.0 Å². The lowest BCUT2D eigenvalue weighted by molar-refractivity contribution is 0.350. The van der Waals surface area contributed by atoms with Crippen LogP contribution in [0.15, 0.2) is 4.52 Å². The molecule has 2 fully saturated rings. The second kappa shape index (κ2) is 4.51. The first-order valence-electron chi connectivity index (χ1n) is 6.18. The van der Waals surface area contributed by atoms with Crippen LogP contribution in [0.4, 0.5) is 0 Å². The number of hydrogen-bond acceptors (Lipinski definition) is 5. The van der Waals surface area contributed by atoms with Gasteiger partial charge in [-0.2, -0.15) is 4.98 Å². The first-order valence-corrected chi connectivity index (χ1v) is 6.18. The lowest BCUT2D eigenvalue weighted by Crippen LogP contribution is -2.14. The van der Waals surface area contributed by atoms with Crippen LogP contribution in [-0.2, 0) is 6.42 Å². The summed E-state index contributed by atoms with van der Waals surface area (Å²) in [6, 6.07) is 0.319. The van der Waals surface area contributed by atoms with E-state index in [0.717, 1.165) is 44.2 Å². The predicted molar refractivity (Wildman–Crippen MR) is 59.0 cm³/mol. The smallest absolute Gasteiger partial charge is 0.227 e. The van der Waals surface area contributed by atoms with E-state index in [-0.39, 0.29) is 0 Å². The van der Waals surface area contributed by atoms with Gasteiger partial charge < -0.3 is 15.2 Å². The zero-order chi connectivity index (χ0) is 10.8. The van der Waals surface area contributed by atoms with Gasteiger partial charge in [0.25, 0.3) is 0 Å². The number of rotatable bonds is 3. The Balaban J connectivity index is 1.62. The Kier molecular flexibility index (Phi) is 2.88. The highest BCUT2D eigenvalue weighted by molar-refractivity contribution is 4.97. The monoisotopic (exact) mass is 222 g/mol. The summed E-state index contributed by atoms with van der Waals surface area (Å²) in [5, 5.41) is 10.8. The normalized spacial score (nSPS) is 30.0. The van der Waals surface area contributed by atoms with Crippen molar-refractivity contribution >= 4 is 0 Å². The van der Waals surface area contributed by atoms with E-state index >= 15 is 0 Å². The third-order valence-electron chi connectivity index (χ3n) is 3.48. The molecule has 2 aliphatic rings. The zero-order valence-electron chi connectivity index (χ0n) is 9.41. The summed E-state index contributed by atoms with van der Waals surface area (Å²) >= 11 is 0. The third-order valence-corrected chi connectivity index (χ3v) is 3.48. The van der Waals surface area contributed by atoms with E-state index in [2.05, 4.69) is 20.8 Å². The molecule has 5 nitrogen and oxygen atoms in total. The molecule has 88 valence electrons. The molecule has 3 rings (SSSR count). The van der Waals surface area contributed by atoms with Crippen molar-refractivity contribution in [3.05, 3.63) is 11.7 Å². The van der Waals surface area contributed by atoms with Gasteiger partial charge >= 0.3 is 0 Å². The molecule has 16 heavy (non-hydrogen) atoms. The Morgan fingerprint density at radius 3 is 3.06 bits per heavy atom. The Labute approximate surface area is 95.0 Å². The minimum Gasteiger partial charge on any atom is -0.339 e. The van der Waals surface area contributed by atoms with Gasteiger partial charge in [0.05, 0.1) is 6.04 Å². The van der Waals surface area contributed by atoms with Crippen LogP contribution in [0.3, 0.4) is 0 Å². The minimum atomic E-state index is 0.319. The van der Waals surface area contributed by atoms with E-state index in [4.69, 9.17) is 4.52 Å². The number of hydrogen-bond donors (Lipinski definition) is 2. The fourth-order valence-electron chi connectivity index (χ4n) is 2.53. The molecular formula is C11H18N4O. The molecule has 5 heteroatoms. The van der Waals surface area contributed by atoms with Gasteiger partial charge in [-0.05, 0) is 44.8 Å². The van der Waals surface area contributed by atoms with E-state index in [1.807, 2.05) is 0 Å². The van der Waals surface area contributed by atoms with Crippen LogP contribution >= 0.6 is 0 Å². The fourth-order valence-corrected chi connectivity index (χ4v) is 2.53. The van der Waals surface area contributed by atoms with Crippen molar-refractivity contribution in [2.45, 2.75) is 31.7 Å². The van der Waals surface area contributed by atoms with Crippen LogP contribution in [0.2, 0.25) is 0 Å². The van der Waals surface area contributed by atoms with Gasteiger partial charge in [-0.3, -0.25) is 0 Å². The summed E-state index contributed by atoms with van der Waals surface area (Å²) in [5.74, 6) is 2.32. The van der Waals surface area contributed by atoms with E-state index < -0.39 is 0 Å². The minimum absolute atomic E-state index is 0.319. The largest absolute Gasteiger partial charge is 0.339 e. The van der Waals surface area contributed by atoms with Crippen LogP contribution < -0.4 is 10.6 Å². The summed E-state index contributed by atoms with van der Waals surface area (Å²) < 4.78 is 5.31. The van der Waals surface area contributed by atoms with Crippen molar-refractivity contribution in [1.29, 1.82) is 0 Å². The third kappa shape index (κ3) is 2.10. The summed E-state index contributed by atoms with van der Waals surface area (Å²) in [7, 11) is 0. The summed E-state index contributed by atoms with van der Waals surface area (Å²) in [6.07, 6.45) is 4.48. The Morgan fingerprint density at radius 2 is 2.31 bits per heavy atom. The fraction of sp³-hybridized carbons (Fsp3) is 0.818. The van der Waals surface area contributed by atoms with E-state index in [0.29, 0.717) is 12.0 Å². The molecule has 0 radical (unpaired) electrons. The van der Waals surface area contributed by atoms with Gasteiger partial charge in [0, 0.05) is 6.42 Å². The van der Waals surface area contributed by atoms with Crippen molar-refractivity contribution in [2.24, 2.45) is 5.92 Å². The number of aromatic nitrogens is 2. The SMILES string of the molecule is C1CNC(c2noc(CC3CCNC3)n2)C1. The summed E-state index contributed by atoms with van der Waals surface area (Å²) in [4.78, 5) is 4.49. The summed E-state index contributed by atoms with van der Waals surface area (Å²) in [6.45, 7) is 3.27. The maximum absolute atomic E-state index is 5.31. The molecule has 2 N–H and O–H groups in total. The maximum atomic E-state index is 5.31. The molecule has 0 bridgehead atoms. The van der Waals surface area contributed by atoms with Gasteiger partial charge in [-0.1, -0.05) is 5.16 Å². The molecule has 2 aliphatic heterocycles. The highest BCUT2D eigenvalue weighted by Gasteiger charge is 2.23. The van der Waals surface area contributed by atoms with Gasteiger partial charge in [0.15, 0.2) is 5.82 Å². The maximum Gasteiger partial charge on any atom is 0.227 e. The average molecular weight is 222 g/mol. The first kappa shape index (κ1) is 10.2.